The molecule has 0 aromatic rings. The van der Waals surface area contributed by atoms with Crippen molar-refractivity contribution in [2.45, 2.75) is 97.0 Å². The van der Waals surface area contributed by atoms with Crippen LogP contribution in [0.3, 0.4) is 0 Å². The average molecular weight is 286 g/mol. The molecule has 0 saturated heterocycles. The molecular weight excluding hydrogens is 246 g/mol. The smallest absolute Gasteiger partial charge is 0.0701 e. The van der Waals surface area contributed by atoms with Crippen LogP contribution in [0.5, 0.6) is 0 Å². The van der Waals surface area contributed by atoms with Gasteiger partial charge in [0.15, 0.2) is 0 Å². The van der Waals surface area contributed by atoms with Crippen molar-refractivity contribution in [1.82, 2.24) is 0 Å². The first kappa shape index (κ1) is 19.9. The van der Waals surface area contributed by atoms with E-state index in [0.717, 1.165) is 25.8 Å². The van der Waals surface area contributed by atoms with E-state index in [1.807, 2.05) is 7.11 Å². The third kappa shape index (κ3) is 7.08. The molecule has 0 fully saturated rings. The Balaban J connectivity index is 4.25. The Bertz CT molecular complexity index is 193. The van der Waals surface area contributed by atoms with Crippen molar-refractivity contribution < 1.29 is 4.74 Å². The normalized spacial score (nSPS) is 13.7. The summed E-state index contributed by atoms with van der Waals surface area (Å²) < 4.78 is 5.95. The first-order valence-electron chi connectivity index (χ1n) is 8.95. The number of rotatable bonds is 14. The van der Waals surface area contributed by atoms with Crippen molar-refractivity contribution in [3.05, 3.63) is 0 Å². The van der Waals surface area contributed by atoms with Gasteiger partial charge in [0.05, 0.1) is 5.60 Å². The summed E-state index contributed by atoms with van der Waals surface area (Å²) in [6.45, 7) is 7.62. The van der Waals surface area contributed by atoms with Crippen molar-refractivity contribution >= 4 is 0 Å². The minimum absolute atomic E-state index is 0.0819. The molecule has 0 heterocycles. The molecule has 0 aromatic carbocycles. The predicted octanol–water partition coefficient (Wildman–Crippen LogP) is 5.30. The molecule has 0 aliphatic rings. The lowest BCUT2D eigenvalue weighted by molar-refractivity contribution is -0.0709. The Kier molecular flexibility index (Phi) is 12.6. The maximum atomic E-state index is 5.95. The molecule has 0 amide bonds. The van der Waals surface area contributed by atoms with Crippen LogP contribution >= 0.6 is 0 Å². The monoisotopic (exact) mass is 285 g/mol. The molecule has 20 heavy (non-hydrogen) atoms. The molecule has 0 aliphatic heterocycles. The van der Waals surface area contributed by atoms with Crippen LogP contribution in [-0.4, -0.2) is 19.3 Å². The van der Waals surface area contributed by atoms with Crippen molar-refractivity contribution in [3.8, 4) is 0 Å². The lowest BCUT2D eigenvalue weighted by atomic mass is 9.77. The van der Waals surface area contributed by atoms with Crippen molar-refractivity contribution in [2.75, 3.05) is 13.7 Å². The zero-order chi connectivity index (χ0) is 15.3. The first-order valence-corrected chi connectivity index (χ1v) is 8.95. The van der Waals surface area contributed by atoms with Gasteiger partial charge in [-0.25, -0.2) is 0 Å². The highest BCUT2D eigenvalue weighted by Gasteiger charge is 2.34. The van der Waals surface area contributed by atoms with E-state index < -0.39 is 0 Å². The second-order valence-electron chi connectivity index (χ2n) is 6.16. The molecule has 122 valence electrons. The van der Waals surface area contributed by atoms with E-state index >= 15 is 0 Å². The first-order chi connectivity index (χ1) is 9.70. The van der Waals surface area contributed by atoms with Gasteiger partial charge >= 0.3 is 0 Å². The maximum absolute atomic E-state index is 5.95. The van der Waals surface area contributed by atoms with E-state index in [1.165, 1.54) is 51.4 Å². The quantitative estimate of drug-likeness (QED) is 0.440. The van der Waals surface area contributed by atoms with E-state index in [1.54, 1.807) is 0 Å². The standard InChI is InChI=1S/C18H39NO/c1-5-8-9-10-11-12-14-17(15-13-16-19)18(6-2,7-3)20-4/h17H,5-16,19H2,1-4H3. The number of ether oxygens (including phenoxy) is 1. The van der Waals surface area contributed by atoms with E-state index in [0.29, 0.717) is 5.92 Å². The summed E-state index contributed by atoms with van der Waals surface area (Å²) in [5, 5.41) is 0. The van der Waals surface area contributed by atoms with Crippen LogP contribution in [0.1, 0.15) is 91.4 Å². The summed E-state index contributed by atoms with van der Waals surface area (Å²) in [6.07, 6.45) is 14.2. The zero-order valence-corrected chi connectivity index (χ0v) is 14.5. The number of hydrogen-bond acceptors (Lipinski definition) is 2. The van der Waals surface area contributed by atoms with Crippen LogP contribution in [0.2, 0.25) is 0 Å². The molecule has 0 spiro atoms. The van der Waals surface area contributed by atoms with Crippen LogP contribution in [0.25, 0.3) is 0 Å². The summed E-state index contributed by atoms with van der Waals surface area (Å²) >= 11 is 0. The molecule has 2 heteroatoms. The molecule has 0 bridgehead atoms. The molecule has 0 aromatic heterocycles. The zero-order valence-electron chi connectivity index (χ0n) is 14.5. The number of unbranched alkanes of at least 4 members (excludes halogenated alkanes) is 5. The number of methoxy groups -OCH3 is 1. The van der Waals surface area contributed by atoms with Gasteiger partial charge in [0, 0.05) is 7.11 Å². The van der Waals surface area contributed by atoms with E-state index in [-0.39, 0.29) is 5.60 Å². The highest BCUT2D eigenvalue weighted by atomic mass is 16.5. The van der Waals surface area contributed by atoms with Gasteiger partial charge in [0.1, 0.15) is 0 Å². The Morgan fingerprint density at radius 1 is 0.850 bits per heavy atom. The van der Waals surface area contributed by atoms with Crippen molar-refractivity contribution in [2.24, 2.45) is 11.7 Å². The Hall–Kier alpha value is -0.0800. The minimum Gasteiger partial charge on any atom is -0.378 e. The van der Waals surface area contributed by atoms with Gasteiger partial charge in [-0.15, -0.1) is 0 Å². The van der Waals surface area contributed by atoms with E-state index in [4.69, 9.17) is 10.5 Å². The van der Waals surface area contributed by atoms with Crippen LogP contribution in [0.15, 0.2) is 0 Å². The minimum atomic E-state index is 0.0819. The van der Waals surface area contributed by atoms with Gasteiger partial charge in [0.25, 0.3) is 0 Å². The average Bonchev–Trinajstić information content (AvgIpc) is 2.49. The Morgan fingerprint density at radius 2 is 1.40 bits per heavy atom. The highest BCUT2D eigenvalue weighted by molar-refractivity contribution is 4.86. The summed E-state index contributed by atoms with van der Waals surface area (Å²) in [5.41, 5.74) is 5.80. The van der Waals surface area contributed by atoms with Gasteiger partial charge in [-0.05, 0) is 44.6 Å². The van der Waals surface area contributed by atoms with Gasteiger partial charge in [-0.3, -0.25) is 0 Å². The fourth-order valence-corrected chi connectivity index (χ4v) is 3.49. The summed E-state index contributed by atoms with van der Waals surface area (Å²) in [4.78, 5) is 0. The maximum Gasteiger partial charge on any atom is 0.0701 e. The van der Waals surface area contributed by atoms with E-state index in [9.17, 15) is 0 Å². The topological polar surface area (TPSA) is 35.2 Å². The summed E-state index contributed by atoms with van der Waals surface area (Å²) in [6, 6.07) is 0. The Labute approximate surface area is 127 Å². The lowest BCUT2D eigenvalue weighted by Crippen LogP contribution is -2.39. The number of hydrogen-bond donors (Lipinski definition) is 1. The summed E-state index contributed by atoms with van der Waals surface area (Å²) in [5.74, 6) is 0.678. The fraction of sp³-hybridized carbons (Fsp3) is 1.00. The van der Waals surface area contributed by atoms with Crippen molar-refractivity contribution in [3.63, 3.8) is 0 Å². The highest BCUT2D eigenvalue weighted by Crippen LogP contribution is 2.36. The van der Waals surface area contributed by atoms with Crippen LogP contribution < -0.4 is 5.73 Å². The van der Waals surface area contributed by atoms with Gasteiger partial charge in [-0.1, -0.05) is 59.3 Å². The van der Waals surface area contributed by atoms with Crippen LogP contribution in [0.4, 0.5) is 0 Å². The fourth-order valence-electron chi connectivity index (χ4n) is 3.49. The SMILES string of the molecule is CCCCCCCCC(CCCN)C(CC)(CC)OC. The largest absolute Gasteiger partial charge is 0.378 e. The molecular formula is C18H39NO. The second-order valence-corrected chi connectivity index (χ2v) is 6.16. The second kappa shape index (κ2) is 12.6. The van der Waals surface area contributed by atoms with Gasteiger partial charge in [0.2, 0.25) is 0 Å². The Morgan fingerprint density at radius 3 is 1.90 bits per heavy atom. The van der Waals surface area contributed by atoms with Crippen molar-refractivity contribution in [1.29, 1.82) is 0 Å². The van der Waals surface area contributed by atoms with Gasteiger partial charge < -0.3 is 10.5 Å². The summed E-state index contributed by atoms with van der Waals surface area (Å²) in [7, 11) is 1.89. The lowest BCUT2D eigenvalue weighted by Gasteiger charge is -2.39. The molecule has 2 nitrogen and oxygen atoms in total. The van der Waals surface area contributed by atoms with Crippen LogP contribution in [0, 0.1) is 5.92 Å². The molecule has 1 atom stereocenters. The third-order valence-electron chi connectivity index (χ3n) is 5.01. The number of nitrogens with two attached hydrogens (primary N) is 1. The van der Waals surface area contributed by atoms with Gasteiger partial charge in [-0.2, -0.15) is 0 Å². The molecule has 0 rings (SSSR count). The molecule has 0 radical (unpaired) electrons. The predicted molar refractivity (Wildman–Crippen MR) is 90.1 cm³/mol. The molecule has 1 unspecified atom stereocenters. The van der Waals surface area contributed by atoms with E-state index in [2.05, 4.69) is 20.8 Å². The molecule has 0 saturated carbocycles. The third-order valence-corrected chi connectivity index (χ3v) is 5.01. The van der Waals surface area contributed by atoms with Crippen LogP contribution in [-0.2, 0) is 4.74 Å². The molecule has 2 N–H and O–H groups in total. The molecule has 0 aliphatic carbocycles.